The number of rotatable bonds is 6. The Labute approximate surface area is 152 Å². The van der Waals surface area contributed by atoms with Gasteiger partial charge in [-0.05, 0) is 49.8 Å². The van der Waals surface area contributed by atoms with Crippen molar-refractivity contribution in [2.45, 2.75) is 18.7 Å². The van der Waals surface area contributed by atoms with Crippen molar-refractivity contribution in [3.05, 3.63) is 65.2 Å². The molecule has 0 aliphatic rings. The Hall–Kier alpha value is -3.11. The summed E-state index contributed by atoms with van der Waals surface area (Å²) < 4.78 is 34.5. The van der Waals surface area contributed by atoms with Crippen LogP contribution in [0, 0.1) is 18.3 Å². The van der Waals surface area contributed by atoms with Crippen LogP contribution in [0.5, 0.6) is 5.75 Å². The minimum absolute atomic E-state index is 0.0372. The fraction of sp³-hybridized carbons (Fsp3) is 0.158. The molecule has 0 N–H and O–H groups in total. The van der Waals surface area contributed by atoms with E-state index < -0.39 is 16.1 Å². The number of ether oxygens (including phenoxy) is 1. The highest BCUT2D eigenvalue weighted by Gasteiger charge is 2.17. The van der Waals surface area contributed by atoms with Crippen LogP contribution in [0.2, 0.25) is 0 Å². The van der Waals surface area contributed by atoms with Gasteiger partial charge in [0.15, 0.2) is 0 Å². The fourth-order valence-corrected chi connectivity index (χ4v) is 2.94. The Bertz CT molecular complexity index is 952. The smallest absolute Gasteiger partial charge is 0.348 e. The Balaban J connectivity index is 2.21. The van der Waals surface area contributed by atoms with Gasteiger partial charge in [-0.2, -0.15) is 13.7 Å². The summed E-state index contributed by atoms with van der Waals surface area (Å²) in [4.78, 5) is 11.6. The summed E-state index contributed by atoms with van der Waals surface area (Å²) >= 11 is 0. The molecule has 0 saturated carbocycles. The molecule has 0 aromatic heterocycles. The number of hydrogen-bond donors (Lipinski definition) is 0. The third-order valence-electron chi connectivity index (χ3n) is 3.32. The lowest BCUT2D eigenvalue weighted by molar-refractivity contribution is -0.137. The molecule has 0 fully saturated rings. The molecule has 26 heavy (non-hydrogen) atoms. The number of benzene rings is 2. The first-order chi connectivity index (χ1) is 12.4. The molecule has 0 aliphatic carbocycles. The van der Waals surface area contributed by atoms with Crippen molar-refractivity contribution in [1.29, 1.82) is 5.26 Å². The predicted octanol–water partition coefficient (Wildman–Crippen LogP) is 3.23. The third kappa shape index (κ3) is 4.94. The van der Waals surface area contributed by atoms with E-state index in [1.165, 1.54) is 30.3 Å². The Morgan fingerprint density at radius 3 is 2.27 bits per heavy atom. The average molecular weight is 371 g/mol. The third-order valence-corrected chi connectivity index (χ3v) is 4.58. The molecule has 6 nitrogen and oxygen atoms in total. The van der Waals surface area contributed by atoms with E-state index in [4.69, 9.17) is 14.2 Å². The number of aryl methyl sites for hydroxylation is 1. The van der Waals surface area contributed by atoms with Crippen molar-refractivity contribution in [3.8, 4) is 11.8 Å². The monoisotopic (exact) mass is 371 g/mol. The first-order valence-corrected chi connectivity index (χ1v) is 9.16. The van der Waals surface area contributed by atoms with Crippen LogP contribution in [0.25, 0.3) is 6.08 Å². The molecule has 134 valence electrons. The second-order valence-corrected chi connectivity index (χ2v) is 6.86. The molecule has 0 radical (unpaired) electrons. The number of carbonyl (C=O) groups is 1. The van der Waals surface area contributed by atoms with Crippen LogP contribution >= 0.6 is 0 Å². The van der Waals surface area contributed by atoms with Crippen LogP contribution in [0.1, 0.15) is 18.1 Å². The maximum atomic E-state index is 12.3. The SMILES string of the molecule is CCOC(=O)/C(C#N)=C/c1ccc(S(=O)(=O)Oc2ccc(C)cc2)cc1. The zero-order chi connectivity index (χ0) is 19.2. The van der Waals surface area contributed by atoms with Crippen LogP contribution in [0.3, 0.4) is 0 Å². The fourth-order valence-electron chi connectivity index (χ4n) is 2.01. The lowest BCUT2D eigenvalue weighted by atomic mass is 10.1. The Morgan fingerprint density at radius 2 is 1.73 bits per heavy atom. The molecule has 7 heteroatoms. The van der Waals surface area contributed by atoms with E-state index in [0.717, 1.165) is 5.56 Å². The molecule has 2 rings (SSSR count). The van der Waals surface area contributed by atoms with Gasteiger partial charge in [0.05, 0.1) is 6.61 Å². The maximum absolute atomic E-state index is 12.3. The van der Waals surface area contributed by atoms with E-state index in [9.17, 15) is 13.2 Å². The van der Waals surface area contributed by atoms with E-state index in [-0.39, 0.29) is 22.8 Å². The van der Waals surface area contributed by atoms with Crippen LogP contribution in [-0.4, -0.2) is 21.0 Å². The molecule has 0 unspecified atom stereocenters. The minimum Gasteiger partial charge on any atom is -0.462 e. The van der Waals surface area contributed by atoms with Crippen molar-refractivity contribution in [3.63, 3.8) is 0 Å². The summed E-state index contributed by atoms with van der Waals surface area (Å²) in [6.45, 7) is 3.68. The first-order valence-electron chi connectivity index (χ1n) is 7.76. The van der Waals surface area contributed by atoms with Gasteiger partial charge in [0.2, 0.25) is 0 Å². The number of nitrogens with zero attached hydrogens (tertiary/aromatic N) is 1. The lowest BCUT2D eigenvalue weighted by Crippen LogP contribution is -2.09. The quantitative estimate of drug-likeness (QED) is 0.335. The van der Waals surface area contributed by atoms with Gasteiger partial charge in [-0.15, -0.1) is 0 Å². The van der Waals surface area contributed by atoms with E-state index in [2.05, 4.69) is 0 Å². The highest BCUT2D eigenvalue weighted by molar-refractivity contribution is 7.87. The summed E-state index contributed by atoms with van der Waals surface area (Å²) in [6.07, 6.45) is 1.33. The second kappa shape index (κ2) is 8.32. The number of nitriles is 1. The summed E-state index contributed by atoms with van der Waals surface area (Å²) in [5.74, 6) is -0.511. The van der Waals surface area contributed by atoms with Crippen molar-refractivity contribution in [1.82, 2.24) is 0 Å². The second-order valence-electron chi connectivity index (χ2n) is 5.31. The Kier molecular flexibility index (Phi) is 6.15. The van der Waals surface area contributed by atoms with Gasteiger partial charge in [-0.3, -0.25) is 0 Å². The zero-order valence-electron chi connectivity index (χ0n) is 14.3. The van der Waals surface area contributed by atoms with Crippen LogP contribution in [-0.2, 0) is 19.6 Å². The van der Waals surface area contributed by atoms with Crippen molar-refractivity contribution in [2.75, 3.05) is 6.61 Å². The van der Waals surface area contributed by atoms with Gasteiger partial charge in [0.1, 0.15) is 22.3 Å². The van der Waals surface area contributed by atoms with Crippen LogP contribution in [0.15, 0.2) is 59.0 Å². The van der Waals surface area contributed by atoms with Gasteiger partial charge in [0.25, 0.3) is 0 Å². The lowest BCUT2D eigenvalue weighted by Gasteiger charge is -2.07. The van der Waals surface area contributed by atoms with Crippen LogP contribution in [0.4, 0.5) is 0 Å². The molecule has 0 atom stereocenters. The van der Waals surface area contributed by atoms with Crippen molar-refractivity contribution in [2.24, 2.45) is 0 Å². The molecule has 0 spiro atoms. The maximum Gasteiger partial charge on any atom is 0.348 e. The predicted molar refractivity (Wildman–Crippen MR) is 95.7 cm³/mol. The summed E-state index contributed by atoms with van der Waals surface area (Å²) in [5, 5.41) is 9.02. The van der Waals surface area contributed by atoms with E-state index in [1.54, 1.807) is 37.3 Å². The molecular formula is C19H17NO5S. The molecule has 0 aliphatic heterocycles. The molecule has 2 aromatic rings. The normalized spacial score (nSPS) is 11.5. The highest BCUT2D eigenvalue weighted by atomic mass is 32.2. The van der Waals surface area contributed by atoms with Crippen molar-refractivity contribution >= 4 is 22.2 Å². The van der Waals surface area contributed by atoms with E-state index >= 15 is 0 Å². The molecule has 2 aromatic carbocycles. The number of esters is 1. The largest absolute Gasteiger partial charge is 0.462 e. The van der Waals surface area contributed by atoms with Crippen LogP contribution < -0.4 is 4.18 Å². The minimum atomic E-state index is -3.98. The summed E-state index contributed by atoms with van der Waals surface area (Å²) in [5.41, 5.74) is 1.31. The van der Waals surface area contributed by atoms with E-state index in [1.807, 2.05) is 6.92 Å². The van der Waals surface area contributed by atoms with E-state index in [0.29, 0.717) is 5.56 Å². The molecular weight excluding hydrogens is 354 g/mol. The summed E-state index contributed by atoms with van der Waals surface area (Å²) in [6, 6.07) is 14.0. The molecule has 0 heterocycles. The number of carbonyl (C=O) groups excluding carboxylic acids is 1. The average Bonchev–Trinajstić information content (AvgIpc) is 2.62. The summed E-state index contributed by atoms with van der Waals surface area (Å²) in [7, 11) is -3.98. The van der Waals surface area contributed by atoms with Gasteiger partial charge in [-0.25, -0.2) is 4.79 Å². The van der Waals surface area contributed by atoms with Gasteiger partial charge in [-0.1, -0.05) is 29.8 Å². The highest BCUT2D eigenvalue weighted by Crippen LogP contribution is 2.20. The van der Waals surface area contributed by atoms with Gasteiger partial charge in [0, 0.05) is 0 Å². The van der Waals surface area contributed by atoms with Gasteiger partial charge >= 0.3 is 16.1 Å². The standard InChI is InChI=1S/C19H17NO5S/c1-3-24-19(21)16(13-20)12-15-6-10-18(11-7-15)26(22,23)25-17-8-4-14(2)5-9-17/h4-12H,3H2,1-2H3/b16-12+. The molecule has 0 amide bonds. The number of hydrogen-bond acceptors (Lipinski definition) is 6. The zero-order valence-corrected chi connectivity index (χ0v) is 15.1. The van der Waals surface area contributed by atoms with Crippen molar-refractivity contribution < 1.29 is 22.1 Å². The topological polar surface area (TPSA) is 93.5 Å². The first kappa shape index (κ1) is 19.2. The Morgan fingerprint density at radius 1 is 1.12 bits per heavy atom. The molecule has 0 saturated heterocycles. The van der Waals surface area contributed by atoms with Gasteiger partial charge < -0.3 is 8.92 Å². The molecule has 0 bridgehead atoms.